The predicted octanol–water partition coefficient (Wildman–Crippen LogP) is 6.39. The number of nitrogens with one attached hydrogen (secondary N) is 2. The van der Waals surface area contributed by atoms with E-state index < -0.39 is 23.1 Å². The van der Waals surface area contributed by atoms with Gasteiger partial charge in [-0.15, -0.1) is 0 Å². The second-order valence-electron chi connectivity index (χ2n) is 7.04. The van der Waals surface area contributed by atoms with Crippen molar-refractivity contribution in [3.63, 3.8) is 0 Å². The fourth-order valence-corrected chi connectivity index (χ4v) is 3.65. The molecule has 0 atom stereocenters. The number of aromatic nitrogens is 1. The van der Waals surface area contributed by atoms with Gasteiger partial charge in [0.15, 0.2) is 5.11 Å². The Balaban J connectivity index is 1.48. The Kier molecular flexibility index (Phi) is 6.48. The van der Waals surface area contributed by atoms with Gasteiger partial charge in [-0.05, 0) is 49.5 Å². The van der Waals surface area contributed by atoms with Gasteiger partial charge in [0.05, 0.1) is 11.9 Å². The fourth-order valence-electron chi connectivity index (χ4n) is 3.21. The number of hydrogen-bond acceptors (Lipinski definition) is 4. The first-order valence-corrected chi connectivity index (χ1v) is 10.5. The van der Waals surface area contributed by atoms with Crippen molar-refractivity contribution in [2.75, 3.05) is 5.32 Å². The molecule has 0 saturated carbocycles. The SMILES string of the molecule is Cc1cc(NC(=S)NC(=O)c2c(F)cccc2F)cnc1Oc1ccc(Cl)c2ccccc12. The van der Waals surface area contributed by atoms with E-state index in [4.69, 9.17) is 28.6 Å². The van der Waals surface area contributed by atoms with Crippen LogP contribution in [0.3, 0.4) is 0 Å². The van der Waals surface area contributed by atoms with Gasteiger partial charge in [-0.25, -0.2) is 13.8 Å². The van der Waals surface area contributed by atoms with Crippen LogP contribution in [0.4, 0.5) is 14.5 Å². The minimum atomic E-state index is -0.998. The van der Waals surface area contributed by atoms with E-state index in [1.165, 1.54) is 12.3 Å². The van der Waals surface area contributed by atoms with Crippen LogP contribution in [0.5, 0.6) is 11.6 Å². The van der Waals surface area contributed by atoms with Crippen LogP contribution >= 0.6 is 23.8 Å². The third-order valence-corrected chi connectivity index (χ3v) is 5.28. The number of carbonyl (C=O) groups excluding carboxylic acids is 1. The molecule has 5 nitrogen and oxygen atoms in total. The third-order valence-electron chi connectivity index (χ3n) is 4.74. The molecule has 0 aliphatic heterocycles. The van der Waals surface area contributed by atoms with Gasteiger partial charge in [-0.1, -0.05) is 41.9 Å². The Labute approximate surface area is 198 Å². The van der Waals surface area contributed by atoms with Crippen molar-refractivity contribution < 1.29 is 18.3 Å². The molecule has 1 amide bonds. The first-order valence-electron chi connectivity index (χ1n) is 9.71. The molecule has 4 rings (SSSR count). The van der Waals surface area contributed by atoms with Crippen LogP contribution in [0.15, 0.2) is 66.9 Å². The van der Waals surface area contributed by atoms with Gasteiger partial charge in [0, 0.05) is 21.4 Å². The number of nitrogens with zero attached hydrogens (tertiary/aromatic N) is 1. The van der Waals surface area contributed by atoms with Crippen molar-refractivity contribution >= 4 is 51.3 Å². The average Bonchev–Trinajstić information content (AvgIpc) is 2.77. The number of benzene rings is 3. The van der Waals surface area contributed by atoms with Crippen molar-refractivity contribution in [2.45, 2.75) is 6.92 Å². The fraction of sp³-hybridized carbons (Fsp3) is 0.0417. The molecule has 166 valence electrons. The van der Waals surface area contributed by atoms with Gasteiger partial charge in [-0.3, -0.25) is 10.1 Å². The molecule has 9 heteroatoms. The molecule has 0 saturated heterocycles. The zero-order chi connectivity index (χ0) is 23.5. The number of thiocarbonyl (C=S) groups is 1. The van der Waals surface area contributed by atoms with E-state index in [0.29, 0.717) is 27.9 Å². The summed E-state index contributed by atoms with van der Waals surface area (Å²) >= 11 is 11.3. The summed E-state index contributed by atoms with van der Waals surface area (Å²) in [6.45, 7) is 1.79. The van der Waals surface area contributed by atoms with Crippen molar-refractivity contribution in [3.8, 4) is 11.6 Å². The van der Waals surface area contributed by atoms with Gasteiger partial charge in [0.2, 0.25) is 5.88 Å². The second-order valence-corrected chi connectivity index (χ2v) is 7.86. The maximum Gasteiger partial charge on any atom is 0.263 e. The van der Waals surface area contributed by atoms with Gasteiger partial charge in [0.25, 0.3) is 5.91 Å². The Morgan fingerprint density at radius 1 is 1.03 bits per heavy atom. The monoisotopic (exact) mass is 483 g/mol. The molecule has 0 aliphatic rings. The van der Waals surface area contributed by atoms with Gasteiger partial charge < -0.3 is 10.1 Å². The van der Waals surface area contributed by atoms with E-state index >= 15 is 0 Å². The highest BCUT2D eigenvalue weighted by atomic mass is 35.5. The van der Waals surface area contributed by atoms with E-state index in [0.717, 1.165) is 22.9 Å². The number of hydrogen-bond donors (Lipinski definition) is 2. The Morgan fingerprint density at radius 3 is 2.42 bits per heavy atom. The number of halogens is 3. The zero-order valence-corrected chi connectivity index (χ0v) is 18.7. The minimum absolute atomic E-state index is 0.138. The molecule has 0 fully saturated rings. The molecule has 0 bridgehead atoms. The lowest BCUT2D eigenvalue weighted by Gasteiger charge is -2.13. The molecular weight excluding hydrogens is 468 g/mol. The molecule has 0 spiro atoms. The summed E-state index contributed by atoms with van der Waals surface area (Å²) in [5.41, 5.74) is 0.434. The smallest absolute Gasteiger partial charge is 0.263 e. The maximum atomic E-state index is 13.8. The lowest BCUT2D eigenvalue weighted by molar-refractivity contribution is 0.0969. The highest BCUT2D eigenvalue weighted by Crippen LogP contribution is 2.34. The molecule has 0 unspecified atom stereocenters. The standard InChI is InChI=1S/C24H16ClF2N3O2S/c1-13-11-14(29-24(33)30-22(31)21-18(26)7-4-8-19(21)27)12-28-23(13)32-20-10-9-17(25)15-5-2-3-6-16(15)20/h2-12H,1H3,(H2,29,30,31,33). The summed E-state index contributed by atoms with van der Waals surface area (Å²) in [6, 6.07) is 16.0. The summed E-state index contributed by atoms with van der Waals surface area (Å²) in [4.78, 5) is 16.5. The zero-order valence-electron chi connectivity index (χ0n) is 17.2. The topological polar surface area (TPSA) is 63.2 Å². The van der Waals surface area contributed by atoms with Gasteiger partial charge >= 0.3 is 0 Å². The summed E-state index contributed by atoms with van der Waals surface area (Å²) in [5, 5.41) is 7.21. The highest BCUT2D eigenvalue weighted by Gasteiger charge is 2.18. The number of ether oxygens (including phenoxy) is 1. The van der Waals surface area contributed by atoms with Crippen LogP contribution in [-0.2, 0) is 0 Å². The normalized spacial score (nSPS) is 10.7. The largest absolute Gasteiger partial charge is 0.438 e. The molecule has 1 heterocycles. The maximum absolute atomic E-state index is 13.8. The van der Waals surface area contributed by atoms with Crippen LogP contribution in [0.1, 0.15) is 15.9 Å². The minimum Gasteiger partial charge on any atom is -0.438 e. The predicted molar refractivity (Wildman–Crippen MR) is 128 cm³/mol. The quantitative estimate of drug-likeness (QED) is 0.329. The molecule has 3 aromatic carbocycles. The third kappa shape index (κ3) is 4.92. The van der Waals surface area contributed by atoms with E-state index in [9.17, 15) is 13.6 Å². The molecule has 2 N–H and O–H groups in total. The van der Waals surface area contributed by atoms with Crippen molar-refractivity contribution in [3.05, 3.63) is 94.6 Å². The van der Waals surface area contributed by atoms with Crippen molar-refractivity contribution in [1.29, 1.82) is 0 Å². The van der Waals surface area contributed by atoms with Crippen LogP contribution < -0.4 is 15.4 Å². The summed E-state index contributed by atoms with van der Waals surface area (Å²) in [6.07, 6.45) is 1.46. The second kappa shape index (κ2) is 9.48. The number of amides is 1. The molecule has 33 heavy (non-hydrogen) atoms. The van der Waals surface area contributed by atoms with Crippen molar-refractivity contribution in [2.24, 2.45) is 0 Å². The molecule has 1 aromatic heterocycles. The molecule has 0 radical (unpaired) electrons. The van der Waals surface area contributed by atoms with E-state index in [-0.39, 0.29) is 5.11 Å². The summed E-state index contributed by atoms with van der Waals surface area (Å²) < 4.78 is 33.6. The van der Waals surface area contributed by atoms with Gasteiger partial charge in [-0.2, -0.15) is 0 Å². The van der Waals surface area contributed by atoms with E-state index in [2.05, 4.69) is 15.6 Å². The molecule has 4 aromatic rings. The number of carbonyl (C=O) groups is 1. The Hall–Kier alpha value is -3.62. The van der Waals surface area contributed by atoms with Crippen LogP contribution in [0, 0.1) is 18.6 Å². The lowest BCUT2D eigenvalue weighted by atomic mass is 10.1. The summed E-state index contributed by atoms with van der Waals surface area (Å²) in [5.74, 6) is -1.99. The Morgan fingerprint density at radius 2 is 1.73 bits per heavy atom. The average molecular weight is 484 g/mol. The first-order chi connectivity index (χ1) is 15.8. The van der Waals surface area contributed by atoms with Gasteiger partial charge in [0.1, 0.15) is 22.9 Å². The highest BCUT2D eigenvalue weighted by molar-refractivity contribution is 7.80. The Bertz CT molecular complexity index is 1380. The number of aryl methyl sites for hydroxylation is 1. The lowest BCUT2D eigenvalue weighted by Crippen LogP contribution is -2.35. The van der Waals surface area contributed by atoms with Crippen LogP contribution in [0.25, 0.3) is 10.8 Å². The number of anilines is 1. The number of pyridine rings is 1. The van der Waals surface area contributed by atoms with Crippen LogP contribution in [0.2, 0.25) is 5.02 Å². The van der Waals surface area contributed by atoms with Crippen molar-refractivity contribution in [1.82, 2.24) is 10.3 Å². The van der Waals surface area contributed by atoms with E-state index in [1.807, 2.05) is 24.3 Å². The first kappa shape index (κ1) is 22.6. The van der Waals surface area contributed by atoms with E-state index in [1.54, 1.807) is 25.1 Å². The summed E-state index contributed by atoms with van der Waals surface area (Å²) in [7, 11) is 0. The number of rotatable bonds is 4. The van der Waals surface area contributed by atoms with Crippen LogP contribution in [-0.4, -0.2) is 16.0 Å². The number of fused-ring (bicyclic) bond motifs is 1. The molecular formula is C24H16ClF2N3O2S. The molecule has 0 aliphatic carbocycles.